The Bertz CT molecular complexity index is 1010. The minimum Gasteiger partial charge on any atom is -0.506 e. The molecule has 0 aliphatic carbocycles. The van der Waals surface area contributed by atoms with Crippen LogP contribution in [-0.4, -0.2) is 33.6 Å². The molecule has 10 heteroatoms. The second-order valence-corrected chi connectivity index (χ2v) is 9.05. The van der Waals surface area contributed by atoms with Crippen molar-refractivity contribution in [3.63, 3.8) is 0 Å². The molecule has 10 nitrogen and oxygen atoms in total. The molecule has 0 heterocycles. The fourth-order valence-corrected chi connectivity index (χ4v) is 4.37. The number of phenolic OH excluding ortho intramolecular Hbond substituents is 2. The van der Waals surface area contributed by atoms with Crippen LogP contribution in [0.4, 0.5) is 0 Å². The second-order valence-electron chi connectivity index (χ2n) is 9.05. The summed E-state index contributed by atoms with van der Waals surface area (Å²) in [6, 6.07) is 6.35. The van der Waals surface area contributed by atoms with Gasteiger partial charge in [0.1, 0.15) is 34.8 Å². The number of nitrogens with one attached hydrogen (secondary N) is 4. The van der Waals surface area contributed by atoms with Gasteiger partial charge in [0.05, 0.1) is 22.3 Å². The molecule has 0 aliphatic heterocycles. The van der Waals surface area contributed by atoms with Crippen molar-refractivity contribution in [1.82, 2.24) is 0 Å². The van der Waals surface area contributed by atoms with Gasteiger partial charge in [-0.25, -0.2) is 0 Å². The van der Waals surface area contributed by atoms with Crippen LogP contribution < -0.4 is 22.9 Å². The Morgan fingerprint density at radius 2 is 0.917 bits per heavy atom. The molecule has 0 bridgehead atoms. The summed E-state index contributed by atoms with van der Waals surface area (Å²) in [5.74, 6) is -2.51. The van der Waals surface area contributed by atoms with Crippen LogP contribution in [0, 0.1) is 21.6 Å². The van der Waals surface area contributed by atoms with Crippen LogP contribution >= 0.6 is 0 Å². The van der Waals surface area contributed by atoms with Crippen molar-refractivity contribution in [3.8, 4) is 11.5 Å². The summed E-state index contributed by atoms with van der Waals surface area (Å²) < 4.78 is 0. The molecule has 0 saturated carbocycles. The topological polar surface area (TPSA) is 240 Å². The van der Waals surface area contributed by atoms with Gasteiger partial charge in [0.15, 0.2) is 0 Å². The highest BCUT2D eigenvalue weighted by molar-refractivity contribution is 6.06. The average molecular weight is 495 g/mol. The van der Waals surface area contributed by atoms with E-state index in [0.29, 0.717) is 17.5 Å². The van der Waals surface area contributed by atoms with Crippen molar-refractivity contribution in [2.24, 2.45) is 22.9 Å². The first-order valence-electron chi connectivity index (χ1n) is 12.1. The van der Waals surface area contributed by atoms with Gasteiger partial charge in [-0.2, -0.15) is 0 Å². The van der Waals surface area contributed by atoms with Crippen LogP contribution in [-0.2, 0) is 0 Å². The van der Waals surface area contributed by atoms with Gasteiger partial charge < -0.3 is 33.1 Å². The van der Waals surface area contributed by atoms with Crippen LogP contribution in [0.15, 0.2) is 24.3 Å². The van der Waals surface area contributed by atoms with Gasteiger partial charge in [0.25, 0.3) is 0 Å². The van der Waals surface area contributed by atoms with E-state index in [0.717, 1.165) is 25.7 Å². The zero-order valence-electron chi connectivity index (χ0n) is 20.7. The maximum absolute atomic E-state index is 10.5. The second kappa shape index (κ2) is 12.6. The van der Waals surface area contributed by atoms with Crippen molar-refractivity contribution >= 4 is 23.3 Å². The van der Waals surface area contributed by atoms with Crippen LogP contribution in [0.1, 0.15) is 97.6 Å². The molecule has 14 N–H and O–H groups in total. The number of aromatic hydroxyl groups is 2. The molecule has 0 spiro atoms. The molecule has 194 valence electrons. The highest BCUT2D eigenvalue weighted by Crippen LogP contribution is 2.37. The first kappa shape index (κ1) is 28.2. The molecule has 0 radical (unpaired) electrons. The van der Waals surface area contributed by atoms with Gasteiger partial charge in [0, 0.05) is 5.92 Å². The van der Waals surface area contributed by atoms with Gasteiger partial charge >= 0.3 is 0 Å². The Labute approximate surface area is 211 Å². The van der Waals surface area contributed by atoms with E-state index in [4.69, 9.17) is 44.6 Å². The summed E-state index contributed by atoms with van der Waals surface area (Å²) in [5, 5.41) is 52.6. The van der Waals surface area contributed by atoms with Gasteiger partial charge in [-0.1, -0.05) is 51.9 Å². The average Bonchev–Trinajstić information content (AvgIpc) is 2.81. The van der Waals surface area contributed by atoms with E-state index >= 15 is 0 Å². The van der Waals surface area contributed by atoms with E-state index in [1.807, 2.05) is 0 Å². The summed E-state index contributed by atoms with van der Waals surface area (Å²) in [4.78, 5) is 0. The number of hydrogen-bond donors (Lipinski definition) is 10. The lowest BCUT2D eigenvalue weighted by molar-refractivity contribution is 0.472. The lowest BCUT2D eigenvalue weighted by Gasteiger charge is -2.23. The molecule has 0 fully saturated rings. The molecule has 36 heavy (non-hydrogen) atoms. The van der Waals surface area contributed by atoms with E-state index in [1.165, 1.54) is 19.3 Å². The molecule has 0 amide bonds. The van der Waals surface area contributed by atoms with E-state index in [9.17, 15) is 10.2 Å². The van der Waals surface area contributed by atoms with Gasteiger partial charge in [0.2, 0.25) is 0 Å². The number of hydrogen-bond acceptors (Lipinski definition) is 6. The first-order chi connectivity index (χ1) is 17.0. The van der Waals surface area contributed by atoms with Crippen molar-refractivity contribution in [2.75, 3.05) is 0 Å². The quantitative estimate of drug-likeness (QED) is 0.107. The maximum Gasteiger partial charge on any atom is 0.137 e. The van der Waals surface area contributed by atoms with Gasteiger partial charge in [-0.15, -0.1) is 0 Å². The largest absolute Gasteiger partial charge is 0.506 e. The Morgan fingerprint density at radius 1 is 0.611 bits per heavy atom. The van der Waals surface area contributed by atoms with E-state index in [2.05, 4.69) is 6.92 Å². The van der Waals surface area contributed by atoms with Crippen LogP contribution in [0.5, 0.6) is 11.5 Å². The first-order valence-corrected chi connectivity index (χ1v) is 12.1. The molecule has 0 unspecified atom stereocenters. The number of nitrogens with two attached hydrogens (primary N) is 4. The molecular formula is C26H38N8O2. The maximum atomic E-state index is 10.5. The minimum atomic E-state index is -0.369. The van der Waals surface area contributed by atoms with Crippen molar-refractivity contribution in [3.05, 3.63) is 57.6 Å². The predicted molar refractivity (Wildman–Crippen MR) is 145 cm³/mol. The molecule has 0 atom stereocenters. The third-order valence-corrected chi connectivity index (χ3v) is 6.33. The molecule has 0 aromatic heterocycles. The predicted octanol–water partition coefficient (Wildman–Crippen LogP) is 3.51. The number of nitrogen functional groups attached to an aromatic ring is 4. The molecule has 0 aliphatic rings. The SMILES string of the molecule is CCCCCCCCCC(c1cc(C(=N)N)c(O)c(C(=N)N)c1)c1cc(C(=N)N)c(O)c(C(=N)N)c1. The number of rotatable bonds is 14. The van der Waals surface area contributed by atoms with E-state index in [1.54, 1.807) is 24.3 Å². The van der Waals surface area contributed by atoms with Gasteiger partial charge in [-0.05, 0) is 41.8 Å². The minimum absolute atomic E-state index is 0.0552. The highest BCUT2D eigenvalue weighted by atomic mass is 16.3. The third kappa shape index (κ3) is 6.74. The van der Waals surface area contributed by atoms with Crippen LogP contribution in [0.2, 0.25) is 0 Å². The fourth-order valence-electron chi connectivity index (χ4n) is 4.37. The fraction of sp³-hybridized carbons (Fsp3) is 0.385. The van der Waals surface area contributed by atoms with E-state index in [-0.39, 0.29) is 63.0 Å². The zero-order valence-corrected chi connectivity index (χ0v) is 20.7. The van der Waals surface area contributed by atoms with E-state index < -0.39 is 0 Å². The number of phenols is 2. The normalized spacial score (nSPS) is 11.7. The molecular weight excluding hydrogens is 456 g/mol. The van der Waals surface area contributed by atoms with Gasteiger partial charge in [-0.3, -0.25) is 21.6 Å². The molecule has 2 aromatic rings. The summed E-state index contributed by atoms with van der Waals surface area (Å²) >= 11 is 0. The lowest BCUT2D eigenvalue weighted by Crippen LogP contribution is -2.19. The van der Waals surface area contributed by atoms with Crippen molar-refractivity contribution < 1.29 is 10.2 Å². The van der Waals surface area contributed by atoms with Crippen molar-refractivity contribution in [1.29, 1.82) is 21.6 Å². The smallest absolute Gasteiger partial charge is 0.137 e. The number of amidine groups is 4. The molecule has 2 rings (SSSR count). The van der Waals surface area contributed by atoms with Crippen molar-refractivity contribution in [2.45, 2.75) is 64.2 Å². The van der Waals surface area contributed by atoms with Crippen LogP contribution in [0.25, 0.3) is 0 Å². The third-order valence-electron chi connectivity index (χ3n) is 6.33. The summed E-state index contributed by atoms with van der Waals surface area (Å²) in [6.07, 6.45) is 8.33. The summed E-state index contributed by atoms with van der Waals surface area (Å²) in [6.45, 7) is 2.18. The standard InChI is InChI=1S/C26H38N8O2/c1-2-3-4-5-6-7-8-9-16(14-10-17(23(27)28)21(35)18(11-14)24(29)30)15-12-19(25(31)32)22(36)20(13-15)26(33)34/h10-13,16,35-36H,2-9H2,1H3,(H3,27,28)(H3,29,30)(H3,31,32)(H3,33,34). The summed E-state index contributed by atoms with van der Waals surface area (Å²) in [5.41, 5.74) is 24.3. The summed E-state index contributed by atoms with van der Waals surface area (Å²) in [7, 11) is 0. The Kier molecular flexibility index (Phi) is 9.83. The molecule has 2 aromatic carbocycles. The Morgan fingerprint density at radius 3 is 1.22 bits per heavy atom. The number of unbranched alkanes of at least 4 members (excludes halogenated alkanes) is 6. The number of benzene rings is 2. The Balaban J connectivity index is 2.61. The Hall–Kier alpha value is -4.08. The highest BCUT2D eigenvalue weighted by Gasteiger charge is 2.24. The lowest BCUT2D eigenvalue weighted by atomic mass is 9.83. The van der Waals surface area contributed by atoms with Crippen LogP contribution in [0.3, 0.4) is 0 Å². The zero-order chi connectivity index (χ0) is 27.0. The molecule has 0 saturated heterocycles. The monoisotopic (exact) mass is 494 g/mol.